The monoisotopic (exact) mass is 209 g/mol. The summed E-state index contributed by atoms with van der Waals surface area (Å²) < 4.78 is 0. The van der Waals surface area contributed by atoms with Gasteiger partial charge in [0.25, 0.3) is 0 Å². The van der Waals surface area contributed by atoms with E-state index in [2.05, 4.69) is 16.4 Å². The van der Waals surface area contributed by atoms with E-state index in [0.717, 1.165) is 11.3 Å². The maximum absolute atomic E-state index is 8.78. The number of hydrogen-bond donors (Lipinski definition) is 1. The third kappa shape index (κ3) is 2.18. The first-order valence-corrected chi connectivity index (χ1v) is 4.98. The van der Waals surface area contributed by atoms with Gasteiger partial charge in [-0.25, -0.2) is 4.98 Å². The van der Waals surface area contributed by atoms with Crippen LogP contribution in [0.3, 0.4) is 0 Å². The molecule has 16 heavy (non-hydrogen) atoms. The molecule has 2 aromatic rings. The maximum Gasteiger partial charge on any atom is 0.131 e. The van der Waals surface area contributed by atoms with Crippen molar-refractivity contribution in [2.24, 2.45) is 0 Å². The fourth-order valence-corrected chi connectivity index (χ4v) is 1.42. The lowest BCUT2D eigenvalue weighted by molar-refractivity contribution is 1.28. The number of pyridine rings is 1. The molecule has 0 aliphatic carbocycles. The second-order valence-electron chi connectivity index (χ2n) is 3.48. The summed E-state index contributed by atoms with van der Waals surface area (Å²) in [5.41, 5.74) is 2.75. The lowest BCUT2D eigenvalue weighted by Gasteiger charge is -2.08. The first kappa shape index (κ1) is 10.2. The van der Waals surface area contributed by atoms with Crippen LogP contribution < -0.4 is 5.32 Å². The maximum atomic E-state index is 8.78. The van der Waals surface area contributed by atoms with Gasteiger partial charge in [0, 0.05) is 11.9 Å². The van der Waals surface area contributed by atoms with E-state index in [1.165, 1.54) is 0 Å². The summed E-state index contributed by atoms with van der Waals surface area (Å²) in [7, 11) is 0. The minimum Gasteiger partial charge on any atom is -0.340 e. The van der Waals surface area contributed by atoms with Gasteiger partial charge in [-0.1, -0.05) is 18.2 Å². The van der Waals surface area contributed by atoms with E-state index < -0.39 is 0 Å². The summed E-state index contributed by atoms with van der Waals surface area (Å²) in [4.78, 5) is 4.16. The molecule has 78 valence electrons. The summed E-state index contributed by atoms with van der Waals surface area (Å²) >= 11 is 0. The Hall–Kier alpha value is -2.34. The molecule has 0 radical (unpaired) electrons. The minimum absolute atomic E-state index is 0.603. The van der Waals surface area contributed by atoms with Crippen LogP contribution in [-0.2, 0) is 0 Å². The van der Waals surface area contributed by atoms with E-state index in [1.54, 1.807) is 18.3 Å². The van der Waals surface area contributed by atoms with Gasteiger partial charge < -0.3 is 5.32 Å². The fourth-order valence-electron chi connectivity index (χ4n) is 1.42. The van der Waals surface area contributed by atoms with Gasteiger partial charge in [0.05, 0.1) is 11.6 Å². The van der Waals surface area contributed by atoms with Gasteiger partial charge >= 0.3 is 0 Å². The Balaban J connectivity index is 2.28. The second-order valence-corrected chi connectivity index (χ2v) is 3.48. The van der Waals surface area contributed by atoms with E-state index in [-0.39, 0.29) is 0 Å². The molecule has 3 heteroatoms. The summed E-state index contributed by atoms with van der Waals surface area (Å²) in [6.45, 7) is 2.02. The number of rotatable bonds is 2. The topological polar surface area (TPSA) is 48.7 Å². The normalized spacial score (nSPS) is 9.50. The highest BCUT2D eigenvalue weighted by Crippen LogP contribution is 2.18. The molecule has 3 nitrogen and oxygen atoms in total. The van der Waals surface area contributed by atoms with Crippen molar-refractivity contribution in [2.75, 3.05) is 5.32 Å². The number of hydrogen-bond acceptors (Lipinski definition) is 3. The molecule has 0 atom stereocenters. The number of anilines is 2. The highest BCUT2D eigenvalue weighted by atomic mass is 15.0. The zero-order valence-electron chi connectivity index (χ0n) is 8.94. The number of aromatic nitrogens is 1. The van der Waals surface area contributed by atoms with Gasteiger partial charge in [-0.3, -0.25) is 0 Å². The Morgan fingerprint density at radius 3 is 2.81 bits per heavy atom. The molecule has 0 aliphatic rings. The second kappa shape index (κ2) is 4.45. The molecule has 0 spiro atoms. The van der Waals surface area contributed by atoms with Crippen molar-refractivity contribution in [1.29, 1.82) is 5.26 Å². The van der Waals surface area contributed by atoms with Crippen molar-refractivity contribution in [2.45, 2.75) is 6.92 Å². The molecular formula is C13H11N3. The summed E-state index contributed by atoms with van der Waals surface area (Å²) in [5.74, 6) is 0.688. The predicted molar refractivity (Wildman–Crippen MR) is 63.4 cm³/mol. The van der Waals surface area contributed by atoms with E-state index in [0.29, 0.717) is 11.4 Å². The summed E-state index contributed by atoms with van der Waals surface area (Å²) in [6, 6.07) is 13.5. The SMILES string of the molecule is Cc1ccccc1Nc1cc(C#N)ccn1. The van der Waals surface area contributed by atoms with Crippen LogP contribution in [0.4, 0.5) is 11.5 Å². The quantitative estimate of drug-likeness (QED) is 0.827. The summed E-state index contributed by atoms with van der Waals surface area (Å²) in [5, 5.41) is 12.0. The van der Waals surface area contributed by atoms with E-state index in [1.807, 2.05) is 31.2 Å². The van der Waals surface area contributed by atoms with Crippen molar-refractivity contribution in [3.05, 3.63) is 53.7 Å². The Kier molecular flexibility index (Phi) is 2.84. The standard InChI is InChI=1S/C13H11N3/c1-10-4-2-3-5-12(10)16-13-8-11(9-14)6-7-15-13/h2-8H,1H3,(H,15,16). The first-order chi connectivity index (χ1) is 7.79. The van der Waals surface area contributed by atoms with Gasteiger partial charge in [0.15, 0.2) is 0 Å². The molecule has 0 bridgehead atoms. The molecule has 1 heterocycles. The van der Waals surface area contributed by atoms with Crippen LogP contribution >= 0.6 is 0 Å². The number of nitriles is 1. The average Bonchev–Trinajstić information content (AvgIpc) is 2.32. The molecule has 0 fully saturated rings. The van der Waals surface area contributed by atoms with Crippen LogP contribution in [0.5, 0.6) is 0 Å². The van der Waals surface area contributed by atoms with Gasteiger partial charge in [-0.05, 0) is 30.7 Å². The highest BCUT2D eigenvalue weighted by Gasteiger charge is 1.99. The Morgan fingerprint density at radius 2 is 2.06 bits per heavy atom. The smallest absolute Gasteiger partial charge is 0.131 e. The largest absolute Gasteiger partial charge is 0.340 e. The van der Waals surface area contributed by atoms with Crippen LogP contribution in [0.1, 0.15) is 11.1 Å². The first-order valence-electron chi connectivity index (χ1n) is 4.98. The third-order valence-corrected chi connectivity index (χ3v) is 2.30. The highest BCUT2D eigenvalue weighted by molar-refractivity contribution is 5.60. The van der Waals surface area contributed by atoms with Gasteiger partial charge in [-0.15, -0.1) is 0 Å². The van der Waals surface area contributed by atoms with Crippen molar-refractivity contribution in [1.82, 2.24) is 4.98 Å². The number of nitrogens with zero attached hydrogens (tertiary/aromatic N) is 2. The van der Waals surface area contributed by atoms with Crippen molar-refractivity contribution >= 4 is 11.5 Å². The van der Waals surface area contributed by atoms with E-state index in [9.17, 15) is 0 Å². The van der Waals surface area contributed by atoms with Gasteiger partial charge in [0.1, 0.15) is 5.82 Å². The molecule has 0 unspecified atom stereocenters. The zero-order valence-corrected chi connectivity index (χ0v) is 8.94. The lowest BCUT2D eigenvalue weighted by Crippen LogP contribution is -1.95. The molecule has 0 saturated heterocycles. The fraction of sp³-hybridized carbons (Fsp3) is 0.0769. The van der Waals surface area contributed by atoms with Crippen molar-refractivity contribution in [3.63, 3.8) is 0 Å². The van der Waals surface area contributed by atoms with Crippen LogP contribution in [0.25, 0.3) is 0 Å². The van der Waals surface area contributed by atoms with Gasteiger partial charge in [0.2, 0.25) is 0 Å². The van der Waals surface area contributed by atoms with E-state index >= 15 is 0 Å². The molecular weight excluding hydrogens is 198 g/mol. The molecule has 1 aromatic carbocycles. The summed E-state index contributed by atoms with van der Waals surface area (Å²) in [6.07, 6.45) is 1.62. The Morgan fingerprint density at radius 1 is 1.25 bits per heavy atom. The van der Waals surface area contributed by atoms with Crippen LogP contribution in [0.15, 0.2) is 42.6 Å². The van der Waals surface area contributed by atoms with E-state index in [4.69, 9.17) is 5.26 Å². The molecule has 0 amide bonds. The zero-order chi connectivity index (χ0) is 11.4. The van der Waals surface area contributed by atoms with Crippen LogP contribution in [0.2, 0.25) is 0 Å². The number of aryl methyl sites for hydroxylation is 1. The van der Waals surface area contributed by atoms with Crippen molar-refractivity contribution < 1.29 is 0 Å². The lowest BCUT2D eigenvalue weighted by atomic mass is 10.2. The average molecular weight is 209 g/mol. The Bertz CT molecular complexity index is 541. The van der Waals surface area contributed by atoms with Crippen LogP contribution in [0, 0.1) is 18.3 Å². The van der Waals surface area contributed by atoms with Crippen LogP contribution in [-0.4, -0.2) is 4.98 Å². The predicted octanol–water partition coefficient (Wildman–Crippen LogP) is 3.01. The minimum atomic E-state index is 0.603. The number of para-hydroxylation sites is 1. The number of nitrogens with one attached hydrogen (secondary N) is 1. The molecule has 0 saturated carbocycles. The molecule has 2 rings (SSSR count). The van der Waals surface area contributed by atoms with Gasteiger partial charge in [-0.2, -0.15) is 5.26 Å². The third-order valence-electron chi connectivity index (χ3n) is 2.30. The molecule has 1 aromatic heterocycles. The number of benzene rings is 1. The molecule has 1 N–H and O–H groups in total. The van der Waals surface area contributed by atoms with Crippen molar-refractivity contribution in [3.8, 4) is 6.07 Å². The molecule has 0 aliphatic heterocycles. The Labute approximate surface area is 94.4 Å².